The van der Waals surface area contributed by atoms with Crippen LogP contribution >= 0.6 is 0 Å². The number of nitrogens with zero attached hydrogens (tertiary/aromatic N) is 2. The van der Waals surface area contributed by atoms with Gasteiger partial charge in [0.1, 0.15) is 6.04 Å². The van der Waals surface area contributed by atoms with E-state index >= 15 is 0 Å². The van der Waals surface area contributed by atoms with Gasteiger partial charge in [-0.1, -0.05) is 31.2 Å². The molecule has 3 heterocycles. The van der Waals surface area contributed by atoms with Crippen LogP contribution < -0.4 is 0 Å². The molecule has 2 amide bonds. The Bertz CT molecular complexity index is 923. The highest BCUT2D eigenvalue weighted by molar-refractivity contribution is 5.96. The molecule has 1 saturated heterocycles. The standard InChI is InChI=1S/C22H24N2O5/c1-14-12-23(9-8-17(14)22(27)28)20(25)18-11-15-5-2-3-6-16(15)13-24(18)21(26)19-7-4-10-29-19/h2-7,10,14,17-18H,8-9,11-13H2,1H3,(H,27,28). The van der Waals surface area contributed by atoms with E-state index < -0.39 is 17.9 Å². The number of carboxylic acids is 1. The van der Waals surface area contributed by atoms with Crippen LogP contribution in [0.15, 0.2) is 47.1 Å². The molecule has 3 atom stereocenters. The Labute approximate surface area is 168 Å². The van der Waals surface area contributed by atoms with Gasteiger partial charge in [-0.25, -0.2) is 0 Å². The number of carbonyl (C=O) groups excluding carboxylic acids is 2. The van der Waals surface area contributed by atoms with E-state index in [1.54, 1.807) is 21.9 Å². The van der Waals surface area contributed by atoms with Crippen molar-refractivity contribution in [1.29, 1.82) is 0 Å². The fourth-order valence-corrected chi connectivity index (χ4v) is 4.42. The van der Waals surface area contributed by atoms with Gasteiger partial charge in [0.2, 0.25) is 5.91 Å². The van der Waals surface area contributed by atoms with Crippen LogP contribution in [-0.2, 0) is 22.6 Å². The van der Waals surface area contributed by atoms with Gasteiger partial charge in [-0.05, 0) is 35.6 Å². The highest BCUT2D eigenvalue weighted by Crippen LogP contribution is 2.29. The maximum absolute atomic E-state index is 13.4. The molecule has 29 heavy (non-hydrogen) atoms. The molecule has 7 nitrogen and oxygen atoms in total. The van der Waals surface area contributed by atoms with Gasteiger partial charge in [0.15, 0.2) is 5.76 Å². The number of carbonyl (C=O) groups is 3. The van der Waals surface area contributed by atoms with Crippen molar-refractivity contribution in [1.82, 2.24) is 9.80 Å². The van der Waals surface area contributed by atoms with Crippen LogP contribution in [-0.4, -0.2) is 51.8 Å². The lowest BCUT2D eigenvalue weighted by molar-refractivity contribution is -0.149. The molecule has 7 heteroatoms. The number of aliphatic carboxylic acids is 1. The number of hydrogen-bond donors (Lipinski definition) is 1. The summed E-state index contributed by atoms with van der Waals surface area (Å²) < 4.78 is 5.29. The van der Waals surface area contributed by atoms with E-state index in [0.717, 1.165) is 11.1 Å². The van der Waals surface area contributed by atoms with Crippen molar-refractivity contribution < 1.29 is 23.9 Å². The molecule has 3 unspecified atom stereocenters. The van der Waals surface area contributed by atoms with Crippen LogP contribution in [0.4, 0.5) is 0 Å². The van der Waals surface area contributed by atoms with E-state index in [1.807, 2.05) is 31.2 Å². The molecular weight excluding hydrogens is 372 g/mol. The number of likely N-dealkylation sites (tertiary alicyclic amines) is 1. The quantitative estimate of drug-likeness (QED) is 0.860. The van der Waals surface area contributed by atoms with Crippen molar-refractivity contribution >= 4 is 17.8 Å². The fourth-order valence-electron chi connectivity index (χ4n) is 4.42. The van der Waals surface area contributed by atoms with E-state index in [0.29, 0.717) is 32.5 Å². The van der Waals surface area contributed by atoms with E-state index in [1.165, 1.54) is 6.26 Å². The predicted molar refractivity (Wildman–Crippen MR) is 104 cm³/mol. The van der Waals surface area contributed by atoms with Crippen LogP contribution in [0.3, 0.4) is 0 Å². The second-order valence-electron chi connectivity index (χ2n) is 7.89. The normalized spacial score (nSPS) is 24.1. The Morgan fingerprint density at radius 2 is 1.86 bits per heavy atom. The Kier molecular flexibility index (Phi) is 5.13. The van der Waals surface area contributed by atoms with Gasteiger partial charge in [0.05, 0.1) is 12.2 Å². The fraction of sp³-hybridized carbons (Fsp3) is 0.409. The topological polar surface area (TPSA) is 91.1 Å². The van der Waals surface area contributed by atoms with E-state index in [4.69, 9.17) is 4.42 Å². The third-order valence-corrected chi connectivity index (χ3v) is 6.06. The Morgan fingerprint density at radius 3 is 2.52 bits per heavy atom. The van der Waals surface area contributed by atoms with Gasteiger partial charge in [-0.15, -0.1) is 0 Å². The highest BCUT2D eigenvalue weighted by atomic mass is 16.4. The number of fused-ring (bicyclic) bond motifs is 1. The van der Waals surface area contributed by atoms with Crippen molar-refractivity contribution in [2.75, 3.05) is 13.1 Å². The molecule has 2 aromatic rings. The van der Waals surface area contributed by atoms with Crippen LogP contribution in [0.25, 0.3) is 0 Å². The molecule has 2 aliphatic heterocycles. The van der Waals surface area contributed by atoms with Crippen LogP contribution in [0.1, 0.15) is 35.0 Å². The minimum absolute atomic E-state index is 0.129. The maximum Gasteiger partial charge on any atom is 0.306 e. The minimum Gasteiger partial charge on any atom is -0.481 e. The molecule has 2 aliphatic rings. The number of carboxylic acid groups (broad SMARTS) is 1. The van der Waals surface area contributed by atoms with Crippen LogP contribution in [0.5, 0.6) is 0 Å². The first kappa shape index (κ1) is 19.2. The zero-order valence-corrected chi connectivity index (χ0v) is 16.3. The van der Waals surface area contributed by atoms with Gasteiger partial charge in [-0.2, -0.15) is 0 Å². The minimum atomic E-state index is -0.814. The lowest BCUT2D eigenvalue weighted by atomic mass is 9.86. The summed E-state index contributed by atoms with van der Waals surface area (Å²) in [6.45, 7) is 2.98. The van der Waals surface area contributed by atoms with Crippen LogP contribution in [0, 0.1) is 11.8 Å². The van der Waals surface area contributed by atoms with Gasteiger partial charge >= 0.3 is 5.97 Å². The second kappa shape index (κ2) is 7.73. The largest absolute Gasteiger partial charge is 0.481 e. The van der Waals surface area contributed by atoms with E-state index in [9.17, 15) is 19.5 Å². The molecule has 0 bridgehead atoms. The van der Waals surface area contributed by atoms with Gasteiger partial charge in [0.25, 0.3) is 5.91 Å². The molecule has 1 aromatic carbocycles. The SMILES string of the molecule is CC1CN(C(=O)C2Cc3ccccc3CN2C(=O)c2ccco2)CCC1C(=O)O. The third-order valence-electron chi connectivity index (χ3n) is 6.06. The average Bonchev–Trinajstić information content (AvgIpc) is 3.26. The molecule has 0 aliphatic carbocycles. The Morgan fingerprint density at radius 1 is 1.10 bits per heavy atom. The summed E-state index contributed by atoms with van der Waals surface area (Å²) in [6, 6.07) is 10.4. The summed E-state index contributed by atoms with van der Waals surface area (Å²) in [6.07, 6.45) is 2.31. The smallest absolute Gasteiger partial charge is 0.306 e. The second-order valence-corrected chi connectivity index (χ2v) is 7.89. The summed E-state index contributed by atoms with van der Waals surface area (Å²) in [5.74, 6) is -1.61. The summed E-state index contributed by atoms with van der Waals surface area (Å²) >= 11 is 0. The highest BCUT2D eigenvalue weighted by Gasteiger charge is 2.40. The number of hydrogen-bond acceptors (Lipinski definition) is 4. The number of furan rings is 1. The van der Waals surface area contributed by atoms with Gasteiger partial charge < -0.3 is 19.3 Å². The van der Waals surface area contributed by atoms with Crippen molar-refractivity contribution in [2.24, 2.45) is 11.8 Å². The maximum atomic E-state index is 13.4. The molecule has 0 spiro atoms. The van der Waals surface area contributed by atoms with E-state index in [2.05, 4.69) is 0 Å². The van der Waals surface area contributed by atoms with Crippen LogP contribution in [0.2, 0.25) is 0 Å². The lowest BCUT2D eigenvalue weighted by Gasteiger charge is -2.41. The summed E-state index contributed by atoms with van der Waals surface area (Å²) in [4.78, 5) is 41.2. The van der Waals surface area contributed by atoms with E-state index in [-0.39, 0.29) is 23.5 Å². The first-order valence-electron chi connectivity index (χ1n) is 9.88. The molecule has 1 N–H and O–H groups in total. The number of amides is 2. The Balaban J connectivity index is 1.60. The third kappa shape index (κ3) is 3.64. The van der Waals surface area contributed by atoms with Gasteiger partial charge in [0, 0.05) is 26.1 Å². The molecule has 1 aromatic heterocycles. The average molecular weight is 396 g/mol. The summed E-state index contributed by atoms with van der Waals surface area (Å²) in [7, 11) is 0. The molecule has 0 saturated carbocycles. The lowest BCUT2D eigenvalue weighted by Crippen LogP contribution is -2.56. The molecule has 152 valence electrons. The van der Waals surface area contributed by atoms with Crippen molar-refractivity contribution in [3.05, 3.63) is 59.5 Å². The molecular formula is C22H24N2O5. The number of piperidine rings is 1. The zero-order valence-electron chi connectivity index (χ0n) is 16.3. The molecule has 0 radical (unpaired) electrons. The first-order chi connectivity index (χ1) is 14.0. The van der Waals surface area contributed by atoms with Crippen molar-refractivity contribution in [3.8, 4) is 0 Å². The van der Waals surface area contributed by atoms with Gasteiger partial charge in [-0.3, -0.25) is 14.4 Å². The summed E-state index contributed by atoms with van der Waals surface area (Å²) in [5.41, 5.74) is 2.08. The Hall–Kier alpha value is -3.09. The first-order valence-corrected chi connectivity index (χ1v) is 9.88. The predicted octanol–water partition coefficient (Wildman–Crippen LogP) is 2.42. The monoisotopic (exact) mass is 396 g/mol. The summed E-state index contributed by atoms with van der Waals surface area (Å²) in [5, 5.41) is 9.35. The van der Waals surface area contributed by atoms with Crippen molar-refractivity contribution in [3.63, 3.8) is 0 Å². The molecule has 1 fully saturated rings. The van der Waals surface area contributed by atoms with Crippen molar-refractivity contribution in [2.45, 2.75) is 32.4 Å². The number of benzene rings is 1. The zero-order chi connectivity index (χ0) is 20.5. The number of rotatable bonds is 3. The molecule has 4 rings (SSSR count).